The molecule has 15 heavy (non-hydrogen) atoms. The van der Waals surface area contributed by atoms with Gasteiger partial charge in [-0.1, -0.05) is 22.9 Å². The highest BCUT2D eigenvalue weighted by Crippen LogP contribution is 2.40. The van der Waals surface area contributed by atoms with Crippen LogP contribution >= 0.6 is 15.9 Å². The van der Waals surface area contributed by atoms with E-state index in [0.717, 1.165) is 5.92 Å². The lowest BCUT2D eigenvalue weighted by Gasteiger charge is -2.31. The largest absolute Gasteiger partial charge is 0.275 e. The summed E-state index contributed by atoms with van der Waals surface area (Å²) in [6, 6.07) is 0. The number of rotatable bonds is 1. The Bertz CT molecular complexity index is 345. The number of nitrogens with zero attached hydrogens (tertiary/aromatic N) is 2. The molecule has 1 saturated carbocycles. The minimum atomic E-state index is 0.692. The van der Waals surface area contributed by atoms with E-state index in [1.54, 1.807) is 0 Å². The standard InChI is InChI=1S/C12H19BrN2/c1-8-4-5-10(13)6-11(8)12-7-15(3)14-9(12)2/h7-8,10-11H,4-6H2,1-3H3. The normalized spacial score (nSPS) is 31.9. The Morgan fingerprint density at radius 3 is 2.80 bits per heavy atom. The van der Waals surface area contributed by atoms with Gasteiger partial charge in [-0.3, -0.25) is 4.68 Å². The van der Waals surface area contributed by atoms with Crippen molar-refractivity contribution in [1.29, 1.82) is 0 Å². The molecule has 0 amide bonds. The first kappa shape index (κ1) is 11.2. The van der Waals surface area contributed by atoms with Gasteiger partial charge in [0.2, 0.25) is 0 Å². The topological polar surface area (TPSA) is 17.8 Å². The Labute approximate surface area is 100 Å². The van der Waals surface area contributed by atoms with Gasteiger partial charge in [0.05, 0.1) is 5.69 Å². The van der Waals surface area contributed by atoms with Crippen molar-refractivity contribution >= 4 is 15.9 Å². The molecule has 1 aromatic rings. The van der Waals surface area contributed by atoms with Gasteiger partial charge >= 0.3 is 0 Å². The first-order valence-electron chi connectivity index (χ1n) is 5.72. The monoisotopic (exact) mass is 270 g/mol. The first-order valence-corrected chi connectivity index (χ1v) is 6.63. The molecule has 84 valence electrons. The van der Waals surface area contributed by atoms with Crippen LogP contribution in [0.25, 0.3) is 0 Å². The minimum absolute atomic E-state index is 0.692. The summed E-state index contributed by atoms with van der Waals surface area (Å²) in [5.74, 6) is 1.48. The van der Waals surface area contributed by atoms with Gasteiger partial charge in [0.1, 0.15) is 0 Å². The fourth-order valence-electron chi connectivity index (χ4n) is 2.69. The van der Waals surface area contributed by atoms with Crippen molar-refractivity contribution in [2.75, 3.05) is 0 Å². The van der Waals surface area contributed by atoms with Gasteiger partial charge in [-0.05, 0) is 43.6 Å². The van der Waals surface area contributed by atoms with E-state index in [4.69, 9.17) is 0 Å². The van der Waals surface area contributed by atoms with E-state index < -0.39 is 0 Å². The van der Waals surface area contributed by atoms with Crippen LogP contribution < -0.4 is 0 Å². The lowest BCUT2D eigenvalue weighted by Crippen LogP contribution is -2.21. The van der Waals surface area contributed by atoms with Gasteiger partial charge in [0, 0.05) is 18.1 Å². The SMILES string of the molecule is Cc1nn(C)cc1C1CC(Br)CCC1C. The smallest absolute Gasteiger partial charge is 0.0628 e. The number of hydrogen-bond donors (Lipinski definition) is 0. The van der Waals surface area contributed by atoms with Crippen LogP contribution in [-0.4, -0.2) is 14.6 Å². The first-order chi connectivity index (χ1) is 7.08. The maximum Gasteiger partial charge on any atom is 0.0628 e. The lowest BCUT2D eigenvalue weighted by molar-refractivity contribution is 0.339. The summed E-state index contributed by atoms with van der Waals surface area (Å²) in [6.45, 7) is 4.50. The van der Waals surface area contributed by atoms with Gasteiger partial charge in [-0.2, -0.15) is 5.10 Å². The number of alkyl halides is 1. The highest BCUT2D eigenvalue weighted by molar-refractivity contribution is 9.09. The molecule has 1 aromatic heterocycles. The molecule has 0 radical (unpaired) electrons. The summed E-state index contributed by atoms with van der Waals surface area (Å²) in [5.41, 5.74) is 2.66. The third-order valence-corrected chi connectivity index (χ3v) is 4.41. The summed E-state index contributed by atoms with van der Waals surface area (Å²) in [5, 5.41) is 4.45. The van der Waals surface area contributed by atoms with Crippen molar-refractivity contribution < 1.29 is 0 Å². The van der Waals surface area contributed by atoms with Gasteiger partial charge in [-0.15, -0.1) is 0 Å². The second-order valence-electron chi connectivity index (χ2n) is 4.84. The fourth-order valence-corrected chi connectivity index (χ4v) is 3.35. The van der Waals surface area contributed by atoms with Gasteiger partial charge in [0.25, 0.3) is 0 Å². The Morgan fingerprint density at radius 2 is 2.20 bits per heavy atom. The molecule has 1 heterocycles. The summed E-state index contributed by atoms with van der Waals surface area (Å²) in [7, 11) is 2.01. The zero-order valence-electron chi connectivity index (χ0n) is 9.70. The molecule has 3 unspecified atom stereocenters. The highest BCUT2D eigenvalue weighted by Gasteiger charge is 2.29. The quantitative estimate of drug-likeness (QED) is 0.716. The van der Waals surface area contributed by atoms with Gasteiger partial charge in [-0.25, -0.2) is 0 Å². The lowest BCUT2D eigenvalue weighted by atomic mass is 9.76. The van der Waals surface area contributed by atoms with Crippen LogP contribution in [0.2, 0.25) is 0 Å². The Kier molecular flexibility index (Phi) is 3.19. The molecule has 0 spiro atoms. The second kappa shape index (κ2) is 4.28. The zero-order chi connectivity index (χ0) is 11.0. The molecule has 2 rings (SSSR count). The summed E-state index contributed by atoms with van der Waals surface area (Å²) in [4.78, 5) is 0.693. The van der Waals surface area contributed by atoms with Crippen molar-refractivity contribution in [2.24, 2.45) is 13.0 Å². The Balaban J connectivity index is 2.24. The van der Waals surface area contributed by atoms with E-state index in [9.17, 15) is 0 Å². The molecule has 1 aliphatic rings. The van der Waals surface area contributed by atoms with Crippen molar-refractivity contribution in [1.82, 2.24) is 9.78 Å². The molecule has 0 saturated heterocycles. The number of aryl methyl sites for hydroxylation is 2. The third kappa shape index (κ3) is 2.27. The van der Waals surface area contributed by atoms with E-state index in [-0.39, 0.29) is 0 Å². The van der Waals surface area contributed by atoms with Crippen LogP contribution in [0, 0.1) is 12.8 Å². The number of aromatic nitrogens is 2. The average molecular weight is 271 g/mol. The Hall–Kier alpha value is -0.310. The summed E-state index contributed by atoms with van der Waals surface area (Å²) >= 11 is 3.76. The molecule has 2 nitrogen and oxygen atoms in total. The molecule has 1 fully saturated rings. The molecule has 1 aliphatic carbocycles. The van der Waals surface area contributed by atoms with Gasteiger partial charge < -0.3 is 0 Å². The number of halogens is 1. The van der Waals surface area contributed by atoms with Crippen LogP contribution in [-0.2, 0) is 7.05 Å². The third-order valence-electron chi connectivity index (χ3n) is 3.58. The van der Waals surface area contributed by atoms with E-state index >= 15 is 0 Å². The molecule has 0 aliphatic heterocycles. The molecular formula is C12H19BrN2. The summed E-state index contributed by atoms with van der Waals surface area (Å²) < 4.78 is 1.94. The second-order valence-corrected chi connectivity index (χ2v) is 6.13. The molecule has 3 heteroatoms. The van der Waals surface area contributed by atoms with Crippen molar-refractivity contribution in [2.45, 2.75) is 43.9 Å². The van der Waals surface area contributed by atoms with Crippen LogP contribution in [0.4, 0.5) is 0 Å². The van der Waals surface area contributed by atoms with E-state index in [1.807, 2.05) is 11.7 Å². The predicted molar refractivity (Wildman–Crippen MR) is 66.4 cm³/mol. The van der Waals surface area contributed by atoms with E-state index in [0.29, 0.717) is 10.7 Å². The molecule has 3 atom stereocenters. The summed E-state index contributed by atoms with van der Waals surface area (Å²) in [6.07, 6.45) is 6.10. The van der Waals surface area contributed by atoms with E-state index in [1.165, 1.54) is 30.5 Å². The van der Waals surface area contributed by atoms with Crippen molar-refractivity contribution in [3.63, 3.8) is 0 Å². The Morgan fingerprint density at radius 1 is 1.47 bits per heavy atom. The molecular weight excluding hydrogens is 252 g/mol. The van der Waals surface area contributed by atoms with Crippen LogP contribution in [0.15, 0.2) is 6.20 Å². The number of hydrogen-bond acceptors (Lipinski definition) is 1. The highest BCUT2D eigenvalue weighted by atomic mass is 79.9. The molecule has 0 aromatic carbocycles. The average Bonchev–Trinajstić information content (AvgIpc) is 2.50. The molecule has 0 bridgehead atoms. The van der Waals surface area contributed by atoms with Crippen LogP contribution in [0.5, 0.6) is 0 Å². The van der Waals surface area contributed by atoms with Crippen molar-refractivity contribution in [3.8, 4) is 0 Å². The van der Waals surface area contributed by atoms with Crippen LogP contribution in [0.3, 0.4) is 0 Å². The minimum Gasteiger partial charge on any atom is -0.275 e. The zero-order valence-corrected chi connectivity index (χ0v) is 11.3. The van der Waals surface area contributed by atoms with Gasteiger partial charge in [0.15, 0.2) is 0 Å². The van der Waals surface area contributed by atoms with E-state index in [2.05, 4.69) is 41.1 Å². The fraction of sp³-hybridized carbons (Fsp3) is 0.750. The predicted octanol–water partition coefficient (Wildman–Crippen LogP) is 3.40. The molecule has 0 N–H and O–H groups in total. The van der Waals surface area contributed by atoms with Crippen molar-refractivity contribution in [3.05, 3.63) is 17.5 Å². The maximum atomic E-state index is 4.45. The van der Waals surface area contributed by atoms with Crippen LogP contribution in [0.1, 0.15) is 43.4 Å². The maximum absolute atomic E-state index is 4.45.